The lowest BCUT2D eigenvalue weighted by Crippen LogP contribution is -2.58. The highest BCUT2D eigenvalue weighted by molar-refractivity contribution is 5.94. The van der Waals surface area contributed by atoms with E-state index in [1.165, 1.54) is 11.0 Å². The maximum atomic E-state index is 14.2. The molecule has 1 heterocycles. The Hall–Kier alpha value is -4.24. The lowest BCUT2D eigenvalue weighted by atomic mass is 9.95. The number of phenols is 2. The standard InChI is InChI=1S/C33H50N8O6/c1-34-11-5-6-25-31(45)40-27(33(47)41(15-14-36-3)20-30(44)38-13-12-35-2)19-24-17-22(8-10-29(24)43)21-7-9-28(42)23(16-21)18-26(37-4)32(46)39-25/h7-10,16-17,25-27,34-37,42-43H,5-6,11-15,18-20H2,1-4H3,(H,38,44)(H,39,46)(H,40,45)/t25-,26-,27-/m0/s1. The second-order valence-electron chi connectivity index (χ2n) is 11.6. The van der Waals surface area contributed by atoms with Crippen LogP contribution < -0.4 is 37.2 Å². The van der Waals surface area contributed by atoms with E-state index < -0.39 is 35.8 Å². The predicted octanol–water partition coefficient (Wildman–Crippen LogP) is -1.20. The molecule has 0 aromatic heterocycles. The van der Waals surface area contributed by atoms with Gasteiger partial charge in [-0.25, -0.2) is 0 Å². The average Bonchev–Trinajstić information content (AvgIpc) is 3.05. The van der Waals surface area contributed by atoms with Crippen LogP contribution in [0.15, 0.2) is 36.4 Å². The molecule has 4 bridgehead atoms. The molecule has 1 aliphatic rings. The summed E-state index contributed by atoms with van der Waals surface area (Å²) in [6.45, 7) is 1.89. The van der Waals surface area contributed by atoms with Crippen molar-refractivity contribution in [2.24, 2.45) is 0 Å². The molecule has 9 N–H and O–H groups in total. The maximum Gasteiger partial charge on any atom is 0.246 e. The van der Waals surface area contributed by atoms with E-state index in [0.717, 1.165) is 5.56 Å². The zero-order valence-electron chi connectivity index (χ0n) is 27.7. The van der Waals surface area contributed by atoms with Crippen molar-refractivity contribution in [2.75, 3.05) is 67.5 Å². The molecule has 3 rings (SSSR count). The molecule has 0 saturated carbocycles. The Balaban J connectivity index is 2.09. The molecule has 1 aliphatic heterocycles. The summed E-state index contributed by atoms with van der Waals surface area (Å²) in [6, 6.07) is 7.12. The SMILES string of the molecule is CNCCC[C@@H]1NC(=O)[C@@H](NC)Cc2cc(ccc2O)-c2ccc(O)c(c2)C[C@@H](C(=O)N(CCNC)CC(=O)NCCNC)NC1=O. The van der Waals surface area contributed by atoms with E-state index in [2.05, 4.69) is 37.2 Å². The van der Waals surface area contributed by atoms with E-state index in [0.29, 0.717) is 49.3 Å². The van der Waals surface area contributed by atoms with Gasteiger partial charge in [0, 0.05) is 39.0 Å². The van der Waals surface area contributed by atoms with E-state index in [1.54, 1.807) is 58.5 Å². The normalized spacial score (nSPS) is 18.3. The highest BCUT2D eigenvalue weighted by Gasteiger charge is 2.32. The summed E-state index contributed by atoms with van der Waals surface area (Å²) in [7, 11) is 6.92. The van der Waals surface area contributed by atoms with Gasteiger partial charge in [-0.05, 0) is 94.1 Å². The minimum atomic E-state index is -1.17. The number of fused-ring (bicyclic) bond motifs is 5. The molecule has 0 unspecified atom stereocenters. The van der Waals surface area contributed by atoms with Gasteiger partial charge in [-0.3, -0.25) is 19.2 Å². The van der Waals surface area contributed by atoms with E-state index >= 15 is 0 Å². The Labute approximate surface area is 276 Å². The second-order valence-corrected chi connectivity index (χ2v) is 11.6. The fraction of sp³-hybridized carbons (Fsp3) is 0.515. The first-order valence-corrected chi connectivity index (χ1v) is 16.0. The van der Waals surface area contributed by atoms with Crippen LogP contribution in [0, 0.1) is 0 Å². The molecule has 0 radical (unpaired) electrons. The minimum Gasteiger partial charge on any atom is -0.508 e. The number of hydrogen-bond acceptors (Lipinski definition) is 10. The van der Waals surface area contributed by atoms with Crippen molar-refractivity contribution in [3.8, 4) is 22.6 Å². The average molecular weight is 655 g/mol. The van der Waals surface area contributed by atoms with Gasteiger partial charge in [0.1, 0.15) is 23.6 Å². The summed E-state index contributed by atoms with van der Waals surface area (Å²) in [5.74, 6) is -1.90. The van der Waals surface area contributed by atoms with Gasteiger partial charge in [0.2, 0.25) is 23.6 Å². The highest BCUT2D eigenvalue weighted by Crippen LogP contribution is 2.31. The number of hydrogen-bond donors (Lipinski definition) is 9. The first kappa shape index (κ1) is 37.2. The number of nitrogens with zero attached hydrogens (tertiary/aromatic N) is 1. The minimum absolute atomic E-state index is 0.0238. The molecular weight excluding hydrogens is 604 g/mol. The van der Waals surface area contributed by atoms with Crippen LogP contribution in [0.25, 0.3) is 11.1 Å². The quantitative estimate of drug-likeness (QED) is 0.112. The monoisotopic (exact) mass is 654 g/mol. The first-order valence-electron chi connectivity index (χ1n) is 16.0. The van der Waals surface area contributed by atoms with Crippen LogP contribution in [-0.4, -0.2) is 124 Å². The van der Waals surface area contributed by atoms with E-state index in [-0.39, 0.29) is 49.8 Å². The van der Waals surface area contributed by atoms with E-state index in [1.807, 2.05) is 0 Å². The third-order valence-electron chi connectivity index (χ3n) is 8.15. The number of carbonyl (C=O) groups excluding carboxylic acids is 4. The zero-order chi connectivity index (χ0) is 34.3. The number of amides is 4. The molecule has 0 aliphatic carbocycles. The van der Waals surface area contributed by atoms with Crippen molar-refractivity contribution >= 4 is 23.6 Å². The van der Waals surface area contributed by atoms with Gasteiger partial charge in [-0.2, -0.15) is 0 Å². The molecule has 0 fully saturated rings. The lowest BCUT2D eigenvalue weighted by Gasteiger charge is -2.29. The third kappa shape index (κ3) is 10.9. The molecule has 3 atom stereocenters. The molecule has 2 aromatic carbocycles. The van der Waals surface area contributed by atoms with Crippen LogP contribution in [0.2, 0.25) is 0 Å². The van der Waals surface area contributed by atoms with Gasteiger partial charge in [-0.1, -0.05) is 12.1 Å². The van der Waals surface area contributed by atoms with Crippen molar-refractivity contribution in [3.05, 3.63) is 47.5 Å². The number of phenolic OH excluding ortho intramolecular Hbond substituents is 2. The lowest BCUT2D eigenvalue weighted by molar-refractivity contribution is -0.140. The van der Waals surface area contributed by atoms with Crippen LogP contribution in [-0.2, 0) is 32.0 Å². The summed E-state index contributed by atoms with van der Waals surface area (Å²) in [5, 5.41) is 42.0. The number of aromatic hydroxyl groups is 2. The van der Waals surface area contributed by atoms with Gasteiger partial charge >= 0.3 is 0 Å². The topological polar surface area (TPSA) is 196 Å². The summed E-state index contributed by atoms with van der Waals surface area (Å²) >= 11 is 0. The molecule has 2 aromatic rings. The summed E-state index contributed by atoms with van der Waals surface area (Å²) in [5.41, 5.74) is 2.37. The molecule has 14 nitrogen and oxygen atoms in total. The molecule has 4 amide bonds. The summed E-state index contributed by atoms with van der Waals surface area (Å²) < 4.78 is 0. The van der Waals surface area contributed by atoms with Crippen molar-refractivity contribution < 1.29 is 29.4 Å². The number of rotatable bonds is 14. The fourth-order valence-corrected chi connectivity index (χ4v) is 5.41. The number of benzene rings is 2. The van der Waals surface area contributed by atoms with Gasteiger partial charge in [-0.15, -0.1) is 0 Å². The van der Waals surface area contributed by atoms with Gasteiger partial charge < -0.3 is 52.3 Å². The highest BCUT2D eigenvalue weighted by atomic mass is 16.3. The number of likely N-dealkylation sites (N-methyl/N-ethyl adjacent to an activating group) is 3. The van der Waals surface area contributed by atoms with Crippen LogP contribution in [0.5, 0.6) is 11.5 Å². The Kier molecular flexibility index (Phi) is 14.9. The molecule has 258 valence electrons. The van der Waals surface area contributed by atoms with Crippen LogP contribution in [0.4, 0.5) is 0 Å². The number of nitrogens with one attached hydrogen (secondary N) is 7. The number of carbonyl (C=O) groups is 4. The van der Waals surface area contributed by atoms with Crippen LogP contribution >= 0.6 is 0 Å². The second kappa shape index (κ2) is 18.8. The fourth-order valence-electron chi connectivity index (χ4n) is 5.41. The van der Waals surface area contributed by atoms with Crippen molar-refractivity contribution in [1.29, 1.82) is 0 Å². The Morgan fingerprint density at radius 1 is 0.809 bits per heavy atom. The smallest absolute Gasteiger partial charge is 0.246 e. The molecule has 14 heteroatoms. The van der Waals surface area contributed by atoms with Crippen molar-refractivity contribution in [2.45, 2.75) is 43.8 Å². The first-order chi connectivity index (χ1) is 22.6. The third-order valence-corrected chi connectivity index (χ3v) is 8.15. The van der Waals surface area contributed by atoms with Gasteiger partial charge in [0.15, 0.2) is 0 Å². The van der Waals surface area contributed by atoms with Gasteiger partial charge in [0.05, 0.1) is 12.6 Å². The molecule has 0 spiro atoms. The van der Waals surface area contributed by atoms with E-state index in [9.17, 15) is 29.4 Å². The van der Waals surface area contributed by atoms with Gasteiger partial charge in [0.25, 0.3) is 0 Å². The van der Waals surface area contributed by atoms with Crippen molar-refractivity contribution in [3.63, 3.8) is 0 Å². The van der Waals surface area contributed by atoms with Crippen LogP contribution in [0.3, 0.4) is 0 Å². The Bertz CT molecular complexity index is 1370. The zero-order valence-corrected chi connectivity index (χ0v) is 27.7. The van der Waals surface area contributed by atoms with E-state index in [4.69, 9.17) is 0 Å². The Morgan fingerprint density at radius 3 is 2.02 bits per heavy atom. The largest absolute Gasteiger partial charge is 0.508 e. The van der Waals surface area contributed by atoms with Crippen molar-refractivity contribution in [1.82, 2.24) is 42.1 Å². The van der Waals surface area contributed by atoms with Crippen LogP contribution in [0.1, 0.15) is 24.0 Å². The maximum absolute atomic E-state index is 14.2. The predicted molar refractivity (Wildman–Crippen MR) is 180 cm³/mol. The Morgan fingerprint density at radius 2 is 1.43 bits per heavy atom. The molecular formula is C33H50N8O6. The molecule has 47 heavy (non-hydrogen) atoms. The summed E-state index contributed by atoms with van der Waals surface area (Å²) in [6.07, 6.45) is 0.914. The molecule has 0 saturated heterocycles. The summed E-state index contributed by atoms with van der Waals surface area (Å²) in [4.78, 5) is 55.8.